The number of aliphatic carboxylic acids is 1. The van der Waals surface area contributed by atoms with E-state index in [1.807, 2.05) is 0 Å². The lowest BCUT2D eigenvalue weighted by Gasteiger charge is -2.21. The highest BCUT2D eigenvalue weighted by atomic mass is 16.4. The molecule has 2 atom stereocenters. The van der Waals surface area contributed by atoms with E-state index in [-0.39, 0.29) is 5.91 Å². The molecular weight excluding hydrogens is 218 g/mol. The lowest BCUT2D eigenvalue weighted by molar-refractivity contribution is -0.147. The van der Waals surface area contributed by atoms with Crippen LogP contribution in [0.1, 0.15) is 32.6 Å². The maximum atomic E-state index is 12.0. The summed E-state index contributed by atoms with van der Waals surface area (Å²) in [5.41, 5.74) is -0.749. The highest BCUT2D eigenvalue weighted by molar-refractivity contribution is 5.80. The standard InChI is InChI=1S/C13H19NO3/c1-13(12(16)17)6-7-14(9-13)11(15)8-10-4-2-3-5-10/h2,4,10H,3,5-9H2,1H3,(H,16,17)/t10-,13+/m0/s1. The van der Waals surface area contributed by atoms with Crippen LogP contribution in [0.25, 0.3) is 0 Å². The molecule has 2 rings (SSSR count). The molecule has 0 unspecified atom stereocenters. The maximum Gasteiger partial charge on any atom is 0.311 e. The van der Waals surface area contributed by atoms with Crippen molar-refractivity contribution >= 4 is 11.9 Å². The van der Waals surface area contributed by atoms with Gasteiger partial charge >= 0.3 is 5.97 Å². The van der Waals surface area contributed by atoms with Gasteiger partial charge in [0.05, 0.1) is 5.41 Å². The first-order valence-corrected chi connectivity index (χ1v) is 6.19. The van der Waals surface area contributed by atoms with Gasteiger partial charge in [-0.25, -0.2) is 0 Å². The molecule has 0 spiro atoms. The summed E-state index contributed by atoms with van der Waals surface area (Å²) in [6, 6.07) is 0. The summed E-state index contributed by atoms with van der Waals surface area (Å²) in [7, 11) is 0. The van der Waals surface area contributed by atoms with Crippen LogP contribution in [0, 0.1) is 11.3 Å². The van der Waals surface area contributed by atoms with Gasteiger partial charge in [0.25, 0.3) is 0 Å². The van der Waals surface area contributed by atoms with Gasteiger partial charge in [-0.15, -0.1) is 0 Å². The third kappa shape index (κ3) is 2.51. The Morgan fingerprint density at radius 1 is 1.53 bits per heavy atom. The molecule has 0 saturated carbocycles. The van der Waals surface area contributed by atoms with Crippen molar-refractivity contribution < 1.29 is 14.7 Å². The Labute approximate surface area is 101 Å². The van der Waals surface area contributed by atoms with Crippen LogP contribution < -0.4 is 0 Å². The Balaban J connectivity index is 1.89. The number of carboxylic acid groups (broad SMARTS) is 1. The molecule has 1 aliphatic carbocycles. The molecule has 0 bridgehead atoms. The third-order valence-corrected chi connectivity index (χ3v) is 3.89. The number of carbonyl (C=O) groups is 2. The van der Waals surface area contributed by atoms with E-state index in [1.54, 1.807) is 11.8 Å². The highest BCUT2D eigenvalue weighted by Crippen LogP contribution is 2.31. The molecule has 4 heteroatoms. The van der Waals surface area contributed by atoms with Gasteiger partial charge in [0.1, 0.15) is 0 Å². The van der Waals surface area contributed by atoms with Crippen molar-refractivity contribution in [3.8, 4) is 0 Å². The van der Waals surface area contributed by atoms with Crippen LogP contribution in [-0.4, -0.2) is 35.0 Å². The Bertz CT molecular complexity index is 364. The molecule has 94 valence electrons. The molecule has 1 fully saturated rings. The first-order valence-electron chi connectivity index (χ1n) is 6.19. The molecule has 1 amide bonds. The van der Waals surface area contributed by atoms with Gasteiger partial charge in [0.2, 0.25) is 5.91 Å². The number of carbonyl (C=O) groups excluding carboxylic acids is 1. The second-order valence-electron chi connectivity index (χ2n) is 5.40. The topological polar surface area (TPSA) is 57.6 Å². The van der Waals surface area contributed by atoms with E-state index in [1.165, 1.54) is 0 Å². The minimum absolute atomic E-state index is 0.103. The van der Waals surface area contributed by atoms with Gasteiger partial charge in [0.15, 0.2) is 0 Å². The molecule has 0 aromatic heterocycles. The smallest absolute Gasteiger partial charge is 0.311 e. The predicted molar refractivity (Wildman–Crippen MR) is 63.4 cm³/mol. The second-order valence-corrected chi connectivity index (χ2v) is 5.40. The monoisotopic (exact) mass is 237 g/mol. The van der Waals surface area contributed by atoms with Crippen LogP contribution in [0.5, 0.6) is 0 Å². The third-order valence-electron chi connectivity index (χ3n) is 3.89. The van der Waals surface area contributed by atoms with Crippen molar-refractivity contribution in [2.75, 3.05) is 13.1 Å². The fraction of sp³-hybridized carbons (Fsp3) is 0.692. The van der Waals surface area contributed by atoms with Gasteiger partial charge in [-0.1, -0.05) is 12.2 Å². The lowest BCUT2D eigenvalue weighted by Crippen LogP contribution is -2.35. The normalized spacial score (nSPS) is 32.1. The van der Waals surface area contributed by atoms with Crippen LogP contribution in [0.15, 0.2) is 12.2 Å². The van der Waals surface area contributed by atoms with E-state index in [0.29, 0.717) is 31.8 Å². The summed E-state index contributed by atoms with van der Waals surface area (Å²) in [5.74, 6) is -0.334. The Morgan fingerprint density at radius 2 is 2.29 bits per heavy atom. The van der Waals surface area contributed by atoms with Crippen molar-refractivity contribution in [1.82, 2.24) is 4.90 Å². The van der Waals surface area contributed by atoms with Crippen molar-refractivity contribution in [1.29, 1.82) is 0 Å². The molecule has 0 aromatic rings. The van der Waals surface area contributed by atoms with Gasteiger partial charge in [-0.3, -0.25) is 9.59 Å². The largest absolute Gasteiger partial charge is 0.481 e. The van der Waals surface area contributed by atoms with Crippen LogP contribution >= 0.6 is 0 Å². The summed E-state index contributed by atoms with van der Waals surface area (Å²) >= 11 is 0. The molecule has 1 aliphatic heterocycles. The molecule has 0 aromatic carbocycles. The maximum absolute atomic E-state index is 12.0. The van der Waals surface area contributed by atoms with Crippen molar-refractivity contribution in [3.63, 3.8) is 0 Å². The van der Waals surface area contributed by atoms with E-state index in [0.717, 1.165) is 12.8 Å². The van der Waals surface area contributed by atoms with E-state index >= 15 is 0 Å². The van der Waals surface area contributed by atoms with E-state index in [2.05, 4.69) is 12.2 Å². The number of rotatable bonds is 3. The van der Waals surface area contributed by atoms with Crippen LogP contribution in [0.3, 0.4) is 0 Å². The summed E-state index contributed by atoms with van der Waals surface area (Å²) in [6.07, 6.45) is 7.43. The van der Waals surface area contributed by atoms with Gasteiger partial charge in [-0.05, 0) is 32.1 Å². The van der Waals surface area contributed by atoms with Gasteiger partial charge in [0, 0.05) is 19.5 Å². The Morgan fingerprint density at radius 3 is 2.82 bits per heavy atom. The summed E-state index contributed by atoms with van der Waals surface area (Å²) in [6.45, 7) is 2.66. The molecule has 1 N–H and O–H groups in total. The minimum Gasteiger partial charge on any atom is -0.481 e. The van der Waals surface area contributed by atoms with Crippen LogP contribution in [-0.2, 0) is 9.59 Å². The van der Waals surface area contributed by atoms with Crippen LogP contribution in [0.4, 0.5) is 0 Å². The molecule has 0 radical (unpaired) electrons. The number of hydrogen-bond acceptors (Lipinski definition) is 2. The van der Waals surface area contributed by atoms with Crippen molar-refractivity contribution in [3.05, 3.63) is 12.2 Å². The summed E-state index contributed by atoms with van der Waals surface area (Å²) < 4.78 is 0. The van der Waals surface area contributed by atoms with Crippen molar-refractivity contribution in [2.45, 2.75) is 32.6 Å². The average molecular weight is 237 g/mol. The fourth-order valence-electron chi connectivity index (χ4n) is 2.57. The molecule has 1 saturated heterocycles. The van der Waals surface area contributed by atoms with E-state index in [9.17, 15) is 9.59 Å². The Kier molecular flexibility index (Phi) is 3.22. The first kappa shape index (κ1) is 12.1. The molecule has 4 nitrogen and oxygen atoms in total. The van der Waals surface area contributed by atoms with Crippen molar-refractivity contribution in [2.24, 2.45) is 11.3 Å². The zero-order chi connectivity index (χ0) is 12.5. The van der Waals surface area contributed by atoms with E-state index in [4.69, 9.17) is 5.11 Å². The quantitative estimate of drug-likeness (QED) is 0.759. The SMILES string of the molecule is C[C@@]1(C(=O)O)CCN(C(=O)C[C@H]2C=CCC2)C1. The fourth-order valence-corrected chi connectivity index (χ4v) is 2.57. The van der Waals surface area contributed by atoms with E-state index < -0.39 is 11.4 Å². The average Bonchev–Trinajstić information content (AvgIpc) is 2.88. The molecule has 2 aliphatic rings. The zero-order valence-electron chi connectivity index (χ0n) is 10.2. The minimum atomic E-state index is -0.798. The number of hydrogen-bond donors (Lipinski definition) is 1. The second kappa shape index (κ2) is 4.51. The number of likely N-dealkylation sites (tertiary alicyclic amines) is 1. The van der Waals surface area contributed by atoms with Crippen LogP contribution in [0.2, 0.25) is 0 Å². The molecule has 1 heterocycles. The van der Waals surface area contributed by atoms with Gasteiger partial charge in [-0.2, -0.15) is 0 Å². The number of amides is 1. The molecular formula is C13H19NO3. The highest BCUT2D eigenvalue weighted by Gasteiger charge is 2.42. The summed E-state index contributed by atoms with van der Waals surface area (Å²) in [4.78, 5) is 24.8. The predicted octanol–water partition coefficient (Wildman–Crippen LogP) is 1.67. The number of allylic oxidation sites excluding steroid dienone is 2. The molecule has 17 heavy (non-hydrogen) atoms. The lowest BCUT2D eigenvalue weighted by atomic mass is 9.90. The Hall–Kier alpha value is -1.32. The van der Waals surface area contributed by atoms with Gasteiger partial charge < -0.3 is 10.0 Å². The zero-order valence-corrected chi connectivity index (χ0v) is 10.2. The first-order chi connectivity index (χ1) is 8.01. The number of carboxylic acids is 1. The number of nitrogens with zero attached hydrogens (tertiary/aromatic N) is 1. The summed E-state index contributed by atoms with van der Waals surface area (Å²) in [5, 5.41) is 9.11.